The third-order valence-electron chi connectivity index (χ3n) is 3.86. The largest absolute Gasteiger partial charge is 0.484 e. The molecule has 0 fully saturated rings. The van der Waals surface area contributed by atoms with Crippen LogP contribution >= 0.6 is 22.7 Å². The Morgan fingerprint density at radius 3 is 2.19 bits per heavy atom. The van der Waals surface area contributed by atoms with Crippen LogP contribution in [0.25, 0.3) is 9.40 Å². The highest BCUT2D eigenvalue weighted by Crippen LogP contribution is 2.35. The van der Waals surface area contributed by atoms with Gasteiger partial charge in [-0.15, -0.1) is 11.3 Å². The average molecular weight is 325 g/mol. The van der Waals surface area contributed by atoms with Crippen molar-refractivity contribution in [1.29, 1.82) is 0 Å². The van der Waals surface area contributed by atoms with Gasteiger partial charge in [-0.1, -0.05) is 76.0 Å². The van der Waals surface area contributed by atoms with Crippen LogP contribution in [-0.2, 0) is 0 Å². The molecular formula is C18H28OS2. The van der Waals surface area contributed by atoms with Crippen LogP contribution in [0.5, 0.6) is 5.06 Å². The van der Waals surface area contributed by atoms with Gasteiger partial charge in [0.25, 0.3) is 0 Å². The van der Waals surface area contributed by atoms with E-state index in [2.05, 4.69) is 24.4 Å². The molecule has 0 aliphatic heterocycles. The van der Waals surface area contributed by atoms with Gasteiger partial charge in [-0.2, -0.15) is 0 Å². The molecule has 2 rings (SSSR count). The molecule has 2 aromatic rings. The summed E-state index contributed by atoms with van der Waals surface area (Å²) in [6.45, 7) is 3.16. The Morgan fingerprint density at radius 2 is 1.52 bits per heavy atom. The molecular weight excluding hydrogens is 296 g/mol. The van der Waals surface area contributed by atoms with E-state index in [1.807, 2.05) is 0 Å². The minimum absolute atomic E-state index is 0.879. The fourth-order valence-corrected chi connectivity index (χ4v) is 4.55. The van der Waals surface area contributed by atoms with Crippen molar-refractivity contribution in [3.05, 3.63) is 17.5 Å². The molecule has 3 heteroatoms. The van der Waals surface area contributed by atoms with Crippen molar-refractivity contribution >= 4 is 32.1 Å². The highest BCUT2D eigenvalue weighted by molar-refractivity contribution is 7.27. The molecule has 0 saturated heterocycles. The standard InChI is InChI=1S/C18H28OS2/c1-2-3-4-5-6-7-8-9-10-11-13-19-18-15-17-16(21-18)12-14-20-17/h12,14-15H,2-11,13H2,1H3. The maximum Gasteiger partial charge on any atom is 0.175 e. The van der Waals surface area contributed by atoms with Crippen LogP contribution in [0.3, 0.4) is 0 Å². The number of fused-ring (bicyclic) bond motifs is 1. The van der Waals surface area contributed by atoms with E-state index < -0.39 is 0 Å². The first kappa shape index (κ1) is 16.8. The van der Waals surface area contributed by atoms with E-state index in [0.29, 0.717) is 0 Å². The second kappa shape index (κ2) is 10.2. The topological polar surface area (TPSA) is 9.23 Å². The summed E-state index contributed by atoms with van der Waals surface area (Å²) < 4.78 is 8.57. The molecule has 21 heavy (non-hydrogen) atoms. The Labute approximate surface area is 137 Å². The molecule has 0 aliphatic carbocycles. The minimum atomic E-state index is 0.879. The summed E-state index contributed by atoms with van der Waals surface area (Å²) in [4.78, 5) is 0. The molecule has 0 spiro atoms. The van der Waals surface area contributed by atoms with E-state index in [9.17, 15) is 0 Å². The molecule has 0 saturated carbocycles. The number of hydrogen-bond donors (Lipinski definition) is 0. The van der Waals surface area contributed by atoms with Crippen molar-refractivity contribution in [3.8, 4) is 5.06 Å². The van der Waals surface area contributed by atoms with E-state index in [1.54, 1.807) is 22.7 Å². The zero-order valence-corrected chi connectivity index (χ0v) is 14.9. The highest BCUT2D eigenvalue weighted by atomic mass is 32.1. The molecule has 118 valence electrons. The molecule has 2 heterocycles. The lowest BCUT2D eigenvalue weighted by Gasteiger charge is -2.04. The van der Waals surface area contributed by atoms with Crippen LogP contribution in [0, 0.1) is 0 Å². The van der Waals surface area contributed by atoms with E-state index in [1.165, 1.54) is 73.6 Å². The zero-order valence-electron chi connectivity index (χ0n) is 13.2. The summed E-state index contributed by atoms with van der Waals surface area (Å²) in [7, 11) is 0. The van der Waals surface area contributed by atoms with Crippen molar-refractivity contribution in [2.45, 2.75) is 71.1 Å². The Morgan fingerprint density at radius 1 is 0.857 bits per heavy atom. The van der Waals surface area contributed by atoms with Gasteiger partial charge in [0.2, 0.25) is 0 Å². The van der Waals surface area contributed by atoms with Crippen LogP contribution in [0.4, 0.5) is 0 Å². The van der Waals surface area contributed by atoms with Gasteiger partial charge in [-0.05, 0) is 17.9 Å². The monoisotopic (exact) mass is 324 g/mol. The molecule has 1 nitrogen and oxygen atoms in total. The Balaban J connectivity index is 1.41. The van der Waals surface area contributed by atoms with E-state index in [-0.39, 0.29) is 0 Å². The molecule has 0 radical (unpaired) electrons. The molecule has 0 N–H and O–H groups in total. The van der Waals surface area contributed by atoms with Gasteiger partial charge in [0.05, 0.1) is 6.61 Å². The summed E-state index contributed by atoms with van der Waals surface area (Å²) in [5, 5.41) is 3.24. The summed E-state index contributed by atoms with van der Waals surface area (Å²) in [5.74, 6) is 0. The summed E-state index contributed by atoms with van der Waals surface area (Å²) in [5.41, 5.74) is 0. The molecule has 2 aromatic heterocycles. The van der Waals surface area contributed by atoms with Gasteiger partial charge in [0.1, 0.15) is 0 Å². The van der Waals surface area contributed by atoms with Crippen LogP contribution in [0.1, 0.15) is 71.1 Å². The van der Waals surface area contributed by atoms with Crippen LogP contribution in [-0.4, -0.2) is 6.61 Å². The number of ether oxygens (including phenoxy) is 1. The predicted molar refractivity (Wildman–Crippen MR) is 97.0 cm³/mol. The average Bonchev–Trinajstić information content (AvgIpc) is 3.06. The van der Waals surface area contributed by atoms with E-state index >= 15 is 0 Å². The molecule has 0 aliphatic rings. The Kier molecular flexibility index (Phi) is 8.20. The lowest BCUT2D eigenvalue weighted by atomic mass is 10.1. The van der Waals surface area contributed by atoms with Crippen molar-refractivity contribution in [1.82, 2.24) is 0 Å². The molecule has 0 amide bonds. The smallest absolute Gasteiger partial charge is 0.175 e. The van der Waals surface area contributed by atoms with Crippen LogP contribution < -0.4 is 4.74 Å². The summed E-state index contributed by atoms with van der Waals surface area (Å²) in [6, 6.07) is 4.36. The highest BCUT2D eigenvalue weighted by Gasteiger charge is 2.03. The first-order valence-corrected chi connectivity index (χ1v) is 10.2. The first-order valence-electron chi connectivity index (χ1n) is 8.50. The van der Waals surface area contributed by atoms with Gasteiger partial charge >= 0.3 is 0 Å². The first-order chi connectivity index (χ1) is 10.4. The second-order valence-corrected chi connectivity index (χ2v) is 7.74. The maximum atomic E-state index is 5.85. The minimum Gasteiger partial charge on any atom is -0.484 e. The Bertz CT molecular complexity index is 458. The fourth-order valence-electron chi connectivity index (χ4n) is 2.58. The van der Waals surface area contributed by atoms with Gasteiger partial charge in [-0.25, -0.2) is 0 Å². The SMILES string of the molecule is CCCCCCCCCCCCOc1cc2sccc2s1. The number of hydrogen-bond acceptors (Lipinski definition) is 3. The molecule has 0 bridgehead atoms. The second-order valence-electron chi connectivity index (χ2n) is 5.74. The number of unbranched alkanes of at least 4 members (excludes halogenated alkanes) is 9. The van der Waals surface area contributed by atoms with Crippen molar-refractivity contribution in [2.24, 2.45) is 0 Å². The predicted octanol–water partition coefficient (Wildman–Crippen LogP) is 7.26. The summed E-state index contributed by atoms with van der Waals surface area (Å²) in [6.07, 6.45) is 13.8. The molecule has 0 atom stereocenters. The lowest BCUT2D eigenvalue weighted by Crippen LogP contribution is -1.95. The van der Waals surface area contributed by atoms with Crippen molar-refractivity contribution in [2.75, 3.05) is 6.61 Å². The van der Waals surface area contributed by atoms with Gasteiger partial charge in [0.15, 0.2) is 5.06 Å². The zero-order chi connectivity index (χ0) is 14.8. The third kappa shape index (κ3) is 6.39. The third-order valence-corrected chi connectivity index (χ3v) is 5.86. The van der Waals surface area contributed by atoms with Crippen molar-refractivity contribution in [3.63, 3.8) is 0 Å². The van der Waals surface area contributed by atoms with Crippen LogP contribution in [0.2, 0.25) is 0 Å². The van der Waals surface area contributed by atoms with Crippen molar-refractivity contribution < 1.29 is 4.74 Å². The van der Waals surface area contributed by atoms with Gasteiger partial charge in [-0.3, -0.25) is 0 Å². The number of thiophene rings is 2. The van der Waals surface area contributed by atoms with Gasteiger partial charge < -0.3 is 4.74 Å². The van der Waals surface area contributed by atoms with E-state index in [4.69, 9.17) is 4.74 Å². The van der Waals surface area contributed by atoms with Gasteiger partial charge in [0, 0.05) is 15.5 Å². The fraction of sp³-hybridized carbons (Fsp3) is 0.667. The Hall–Kier alpha value is -0.540. The van der Waals surface area contributed by atoms with Crippen LogP contribution in [0.15, 0.2) is 17.5 Å². The maximum absolute atomic E-state index is 5.85. The normalized spacial score (nSPS) is 11.3. The summed E-state index contributed by atoms with van der Waals surface area (Å²) >= 11 is 3.57. The number of rotatable bonds is 12. The quantitative estimate of drug-likeness (QED) is 0.373. The lowest BCUT2D eigenvalue weighted by molar-refractivity contribution is 0.313. The van der Waals surface area contributed by atoms with E-state index in [0.717, 1.165) is 11.7 Å². The molecule has 0 unspecified atom stereocenters. The molecule has 0 aromatic carbocycles.